The minimum atomic E-state index is -3.68. The van der Waals surface area contributed by atoms with Crippen molar-refractivity contribution in [1.29, 1.82) is 0 Å². The van der Waals surface area contributed by atoms with Gasteiger partial charge in [-0.25, -0.2) is 8.42 Å². The van der Waals surface area contributed by atoms with E-state index in [0.717, 1.165) is 36.6 Å². The number of amides is 2. The number of sulfone groups is 1. The lowest BCUT2D eigenvalue weighted by molar-refractivity contribution is -0.133. The van der Waals surface area contributed by atoms with Crippen LogP contribution in [-0.2, 0) is 32.4 Å². The first-order chi connectivity index (χ1) is 21.5. The topological polar surface area (TPSA) is 141 Å². The molecule has 1 aromatic carbocycles. The number of furan rings is 1. The van der Waals surface area contributed by atoms with Crippen LogP contribution in [0.4, 0.5) is 0 Å². The smallest absolute Gasteiger partial charge is 0.239 e. The Hall–Kier alpha value is -2.73. The number of nitrogens with one attached hydrogen (secondary N) is 3. The van der Waals surface area contributed by atoms with E-state index in [4.69, 9.17) is 4.42 Å². The van der Waals surface area contributed by atoms with Gasteiger partial charge >= 0.3 is 0 Å². The predicted octanol–water partition coefficient (Wildman–Crippen LogP) is 3.44. The highest BCUT2D eigenvalue weighted by Gasteiger charge is 2.45. The molecule has 1 aliphatic carbocycles. The summed E-state index contributed by atoms with van der Waals surface area (Å²) in [5.74, 6) is 0.393. The van der Waals surface area contributed by atoms with Crippen molar-refractivity contribution in [3.8, 4) is 0 Å². The molecule has 1 aromatic heterocycles. The number of likely N-dealkylation sites (tertiary alicyclic amines) is 1. The Labute approximate surface area is 275 Å². The van der Waals surface area contributed by atoms with Gasteiger partial charge in [-0.05, 0) is 77.3 Å². The second-order valence-electron chi connectivity index (χ2n) is 14.9. The normalized spacial score (nSPS) is 23.2. The molecule has 4 rings (SSSR count). The number of benzene rings is 1. The molecule has 1 saturated heterocycles. The van der Waals surface area contributed by atoms with Gasteiger partial charge in [0.2, 0.25) is 11.8 Å². The number of carbonyl (C=O) groups excluding carboxylic acids is 2. The predicted molar refractivity (Wildman–Crippen MR) is 180 cm³/mol. The Morgan fingerprint density at radius 1 is 1.02 bits per heavy atom. The van der Waals surface area contributed by atoms with Crippen molar-refractivity contribution in [1.82, 2.24) is 20.9 Å². The van der Waals surface area contributed by atoms with Gasteiger partial charge in [0, 0.05) is 37.0 Å². The van der Waals surface area contributed by atoms with Crippen LogP contribution in [0.25, 0.3) is 0 Å². The van der Waals surface area contributed by atoms with Crippen LogP contribution in [-0.4, -0.2) is 84.1 Å². The zero-order valence-corrected chi connectivity index (χ0v) is 29.1. The molecule has 6 atom stereocenters. The molecule has 2 aromatic rings. The highest BCUT2D eigenvalue weighted by molar-refractivity contribution is 7.92. The number of fused-ring (bicyclic) bond motifs is 1. The van der Waals surface area contributed by atoms with Crippen molar-refractivity contribution in [3.63, 3.8) is 0 Å². The van der Waals surface area contributed by atoms with E-state index in [-0.39, 0.29) is 30.6 Å². The molecule has 4 N–H and O–H groups in total. The number of aliphatic hydroxyl groups excluding tert-OH is 1. The van der Waals surface area contributed by atoms with Crippen molar-refractivity contribution in [2.24, 2.45) is 11.8 Å². The summed E-state index contributed by atoms with van der Waals surface area (Å²) in [4.78, 5) is 29.8. The molecule has 10 nitrogen and oxygen atoms in total. The van der Waals surface area contributed by atoms with Crippen molar-refractivity contribution in [2.45, 2.75) is 114 Å². The van der Waals surface area contributed by atoms with Gasteiger partial charge in [-0.3, -0.25) is 14.5 Å². The number of carbonyl (C=O) groups is 2. The maximum absolute atomic E-state index is 14.1. The third-order valence-electron chi connectivity index (χ3n) is 9.82. The summed E-state index contributed by atoms with van der Waals surface area (Å²) in [5.41, 5.74) is 1.30. The van der Waals surface area contributed by atoms with Gasteiger partial charge in [0.1, 0.15) is 6.04 Å². The fourth-order valence-corrected chi connectivity index (χ4v) is 7.51. The molecule has 2 amide bonds. The Bertz CT molecular complexity index is 1390. The molecule has 256 valence electrons. The summed E-state index contributed by atoms with van der Waals surface area (Å²) in [6, 6.07) is 9.11. The van der Waals surface area contributed by atoms with E-state index in [1.54, 1.807) is 12.3 Å². The quantitative estimate of drug-likeness (QED) is 0.257. The highest BCUT2D eigenvalue weighted by Crippen LogP contribution is 2.39. The molecule has 11 heteroatoms. The number of hydrogen-bond donors (Lipinski definition) is 4. The van der Waals surface area contributed by atoms with Gasteiger partial charge in [-0.1, -0.05) is 49.6 Å². The summed E-state index contributed by atoms with van der Waals surface area (Å²) >= 11 is 0. The van der Waals surface area contributed by atoms with Gasteiger partial charge < -0.3 is 25.5 Å². The number of piperidine rings is 1. The van der Waals surface area contributed by atoms with Crippen LogP contribution in [0.2, 0.25) is 0 Å². The maximum atomic E-state index is 14.1. The van der Waals surface area contributed by atoms with Crippen molar-refractivity contribution in [3.05, 3.63) is 60.1 Å². The van der Waals surface area contributed by atoms with E-state index in [2.05, 4.69) is 20.9 Å². The lowest BCUT2D eigenvalue weighted by atomic mass is 9.72. The van der Waals surface area contributed by atoms with Crippen LogP contribution in [0.3, 0.4) is 0 Å². The SMILES string of the molecule is CC(C)(C)NC(=O)[C@@H]1C[C@@H]2CCCC[C@@H]2CN1C[C@@H](O)[C@H](Cc1ccccc1)NC(=O)[C@@H](NCc1ccoc1)C(C)(C)S(C)(=O)=O. The number of β-amino-alcohol motifs (C(OH)–C–C–N with tert-alkyl or cyclic N) is 1. The summed E-state index contributed by atoms with van der Waals surface area (Å²) < 4.78 is 29.5. The largest absolute Gasteiger partial charge is 0.472 e. The van der Waals surface area contributed by atoms with Crippen LogP contribution in [0.5, 0.6) is 0 Å². The Morgan fingerprint density at radius 3 is 2.30 bits per heavy atom. The molecule has 2 heterocycles. The van der Waals surface area contributed by atoms with Crippen LogP contribution in [0.1, 0.15) is 77.8 Å². The standard InChI is InChI=1S/C35H54N4O6S/c1-34(2,3)38-32(41)29-19-26-14-10-11-15-27(26)21-39(29)22-30(40)28(18-24-12-8-7-9-13-24)37-33(42)31(35(4,5)46(6,43)44)36-20-25-16-17-45-23-25/h7-9,12-13,16-17,23,26-31,36,40H,10-11,14-15,18-22H2,1-6H3,(H,37,42)(H,38,41)/t26-,27+,28-,29-,30+,31+/m0/s1. The lowest BCUT2D eigenvalue weighted by Gasteiger charge is -2.47. The van der Waals surface area contributed by atoms with Crippen LogP contribution < -0.4 is 16.0 Å². The molecule has 0 bridgehead atoms. The summed E-state index contributed by atoms with van der Waals surface area (Å²) in [7, 11) is -3.68. The van der Waals surface area contributed by atoms with Crippen LogP contribution >= 0.6 is 0 Å². The van der Waals surface area contributed by atoms with Gasteiger partial charge in [-0.2, -0.15) is 0 Å². The number of rotatable bonds is 13. The second-order valence-corrected chi connectivity index (χ2v) is 17.5. The van der Waals surface area contributed by atoms with Crippen molar-refractivity contribution >= 4 is 21.7 Å². The fourth-order valence-electron chi connectivity index (χ4n) is 6.89. The van der Waals surface area contributed by atoms with E-state index in [1.165, 1.54) is 33.0 Å². The first-order valence-electron chi connectivity index (χ1n) is 16.6. The molecule has 0 spiro atoms. The molecule has 1 saturated carbocycles. The van der Waals surface area contributed by atoms with Gasteiger partial charge in [0.25, 0.3) is 0 Å². The van der Waals surface area contributed by atoms with Gasteiger partial charge in [0.15, 0.2) is 9.84 Å². The van der Waals surface area contributed by atoms with Crippen molar-refractivity contribution in [2.75, 3.05) is 19.3 Å². The van der Waals surface area contributed by atoms with Gasteiger partial charge in [0.05, 0.1) is 35.5 Å². The average Bonchev–Trinajstić information content (AvgIpc) is 3.49. The molecule has 2 aliphatic rings. The first kappa shape index (κ1) is 36.1. The summed E-state index contributed by atoms with van der Waals surface area (Å²) in [5, 5.41) is 21.2. The summed E-state index contributed by atoms with van der Waals surface area (Å²) in [6.07, 6.45) is 8.83. The Balaban J connectivity index is 1.59. The number of nitrogens with zero attached hydrogens (tertiary/aromatic N) is 1. The van der Waals surface area contributed by atoms with E-state index < -0.39 is 38.7 Å². The Kier molecular flexibility index (Phi) is 11.8. The maximum Gasteiger partial charge on any atom is 0.239 e. The third kappa shape index (κ3) is 9.42. The fraction of sp³-hybridized carbons (Fsp3) is 0.657. The zero-order valence-electron chi connectivity index (χ0n) is 28.3. The molecule has 0 unspecified atom stereocenters. The molecule has 2 fully saturated rings. The van der Waals surface area contributed by atoms with E-state index >= 15 is 0 Å². The van der Waals surface area contributed by atoms with E-state index in [9.17, 15) is 23.1 Å². The van der Waals surface area contributed by atoms with E-state index in [1.807, 2.05) is 51.1 Å². The molecule has 46 heavy (non-hydrogen) atoms. The number of hydrogen-bond acceptors (Lipinski definition) is 8. The van der Waals surface area contributed by atoms with E-state index in [0.29, 0.717) is 24.8 Å². The zero-order chi connectivity index (χ0) is 33.7. The van der Waals surface area contributed by atoms with Crippen LogP contribution in [0.15, 0.2) is 53.3 Å². The van der Waals surface area contributed by atoms with Crippen LogP contribution in [0, 0.1) is 11.8 Å². The lowest BCUT2D eigenvalue weighted by Crippen LogP contribution is -2.63. The number of aliphatic hydroxyl groups is 1. The van der Waals surface area contributed by atoms with Gasteiger partial charge in [-0.15, -0.1) is 0 Å². The van der Waals surface area contributed by atoms with Crippen molar-refractivity contribution < 1.29 is 27.5 Å². The summed E-state index contributed by atoms with van der Waals surface area (Å²) in [6.45, 7) is 10.1. The Morgan fingerprint density at radius 2 is 1.70 bits per heavy atom. The monoisotopic (exact) mass is 658 g/mol. The average molecular weight is 659 g/mol. The second kappa shape index (κ2) is 15.0. The third-order valence-corrected chi connectivity index (χ3v) is 12.0. The highest BCUT2D eigenvalue weighted by atomic mass is 32.2. The molecule has 0 radical (unpaired) electrons. The molecular formula is C35H54N4O6S. The first-order valence-corrected chi connectivity index (χ1v) is 18.5. The minimum absolute atomic E-state index is 0.0363. The molecular weight excluding hydrogens is 604 g/mol. The molecule has 1 aliphatic heterocycles. The minimum Gasteiger partial charge on any atom is -0.472 e.